The van der Waals surface area contributed by atoms with E-state index >= 15 is 0 Å². The van der Waals surface area contributed by atoms with Crippen LogP contribution in [-0.2, 0) is 32.3 Å². The molecule has 0 amide bonds. The summed E-state index contributed by atoms with van der Waals surface area (Å²) in [6, 6.07) is 18.3. The molecule has 0 saturated heterocycles. The molecule has 0 bridgehead atoms. The van der Waals surface area contributed by atoms with E-state index in [1.165, 1.54) is 31.4 Å². The Hall–Kier alpha value is -2.86. The predicted octanol–water partition coefficient (Wildman–Crippen LogP) is 6.26. The van der Waals surface area contributed by atoms with Crippen LogP contribution in [-0.4, -0.2) is 33.4 Å². The molecule has 0 spiro atoms. The topological polar surface area (TPSA) is 96.7 Å². The Labute approximate surface area is 218 Å². The summed E-state index contributed by atoms with van der Waals surface area (Å²) < 4.78 is 32.5. The van der Waals surface area contributed by atoms with Crippen LogP contribution in [0.25, 0.3) is 11.3 Å². The second-order valence-corrected chi connectivity index (χ2v) is 11.6. The zero-order chi connectivity index (χ0) is 27.2. The first-order chi connectivity index (χ1) is 17.6. The number of benzene rings is 2. The maximum absolute atomic E-state index is 13.7. The van der Waals surface area contributed by atoms with E-state index in [4.69, 9.17) is 9.51 Å². The molecule has 0 aliphatic carbocycles. The Morgan fingerprint density at radius 3 is 2.27 bits per heavy atom. The highest BCUT2D eigenvalue weighted by molar-refractivity contribution is 7.42. The van der Waals surface area contributed by atoms with Crippen molar-refractivity contribution in [1.29, 1.82) is 0 Å². The molecule has 3 atom stereocenters. The summed E-state index contributed by atoms with van der Waals surface area (Å²) >= 11 is 0. The monoisotopic (exact) mass is 527 g/mol. The van der Waals surface area contributed by atoms with Gasteiger partial charge in [-0.1, -0.05) is 69.3 Å². The smallest absolute Gasteiger partial charge is 0.322 e. The number of hydrogen-bond donors (Lipinski definition) is 2. The fourth-order valence-corrected chi connectivity index (χ4v) is 6.16. The van der Waals surface area contributed by atoms with Crippen molar-refractivity contribution in [3.63, 3.8) is 0 Å². The van der Waals surface area contributed by atoms with Gasteiger partial charge < -0.3 is 14.7 Å². The molecular formula is C29H35FNO5P. The molecule has 0 radical (unpaired) electrons. The zero-order valence-electron chi connectivity index (χ0n) is 21.7. The number of aromatic nitrogens is 1. The first kappa shape index (κ1) is 28.7. The van der Waals surface area contributed by atoms with E-state index in [1.807, 2.05) is 57.2 Å². The Balaban J connectivity index is 2.35. The van der Waals surface area contributed by atoms with E-state index < -0.39 is 30.6 Å². The molecule has 3 aromatic rings. The predicted molar refractivity (Wildman–Crippen MR) is 144 cm³/mol. The number of carboxylic acids is 1. The van der Waals surface area contributed by atoms with Crippen LogP contribution in [0, 0.1) is 11.7 Å². The summed E-state index contributed by atoms with van der Waals surface area (Å²) in [5.74, 6) is -1.80. The molecule has 198 valence electrons. The van der Waals surface area contributed by atoms with Crippen molar-refractivity contribution in [3.05, 3.63) is 89.4 Å². The second-order valence-electron chi connectivity index (χ2n) is 9.72. The first-order valence-corrected chi connectivity index (χ1v) is 13.7. The zero-order valence-corrected chi connectivity index (χ0v) is 22.7. The van der Waals surface area contributed by atoms with Crippen molar-refractivity contribution in [2.45, 2.75) is 57.2 Å². The molecule has 2 aromatic carbocycles. The van der Waals surface area contributed by atoms with E-state index in [2.05, 4.69) is 0 Å². The lowest BCUT2D eigenvalue weighted by atomic mass is 9.75. The molecule has 0 aliphatic rings. The normalized spacial score (nSPS) is 15.6. The Bertz CT molecular complexity index is 1230. The number of hydrogen-bond acceptors (Lipinski definition) is 5. The molecular weight excluding hydrogens is 492 g/mol. The van der Waals surface area contributed by atoms with Gasteiger partial charge in [0.25, 0.3) is 0 Å². The number of halogens is 1. The van der Waals surface area contributed by atoms with Crippen molar-refractivity contribution in [2.75, 3.05) is 7.11 Å². The molecule has 0 saturated carbocycles. The molecule has 3 rings (SSSR count). The van der Waals surface area contributed by atoms with Crippen LogP contribution < -0.4 is 0 Å². The van der Waals surface area contributed by atoms with Gasteiger partial charge in [0.2, 0.25) is 8.03 Å². The van der Waals surface area contributed by atoms with Gasteiger partial charge >= 0.3 is 5.97 Å². The average Bonchev–Trinajstić information content (AvgIpc) is 2.89. The highest BCUT2D eigenvalue weighted by Gasteiger charge is 2.62. The van der Waals surface area contributed by atoms with E-state index in [0.29, 0.717) is 24.1 Å². The molecule has 8 heteroatoms. The molecule has 3 unspecified atom stereocenters. The number of pyridine rings is 1. The summed E-state index contributed by atoms with van der Waals surface area (Å²) in [4.78, 5) is 17.9. The van der Waals surface area contributed by atoms with E-state index in [9.17, 15) is 24.0 Å². The van der Waals surface area contributed by atoms with Gasteiger partial charge in [-0.3, -0.25) is 9.36 Å². The van der Waals surface area contributed by atoms with Crippen molar-refractivity contribution in [1.82, 2.24) is 4.98 Å². The largest absolute Gasteiger partial charge is 0.480 e. The lowest BCUT2D eigenvalue weighted by Gasteiger charge is -2.43. The van der Waals surface area contributed by atoms with Crippen LogP contribution in [0.15, 0.2) is 66.7 Å². The molecule has 6 nitrogen and oxygen atoms in total. The number of carboxylic acid groups (broad SMARTS) is 1. The lowest BCUT2D eigenvalue weighted by molar-refractivity contribution is -0.151. The number of aliphatic carboxylic acids is 1. The number of aryl methyl sites for hydroxylation is 1. The van der Waals surface area contributed by atoms with Gasteiger partial charge in [-0.2, -0.15) is 0 Å². The third kappa shape index (κ3) is 5.85. The maximum atomic E-state index is 13.7. The van der Waals surface area contributed by atoms with Crippen LogP contribution in [0.4, 0.5) is 4.39 Å². The van der Waals surface area contributed by atoms with Crippen LogP contribution in [0.3, 0.4) is 0 Å². The van der Waals surface area contributed by atoms with Crippen molar-refractivity contribution < 1.29 is 28.5 Å². The van der Waals surface area contributed by atoms with Crippen LogP contribution in [0.2, 0.25) is 0 Å². The number of carbonyl (C=O) groups is 1. The number of rotatable bonds is 12. The lowest BCUT2D eigenvalue weighted by Crippen LogP contribution is -2.57. The number of aliphatic hydroxyl groups is 1. The van der Waals surface area contributed by atoms with Gasteiger partial charge in [-0.25, -0.2) is 9.37 Å². The summed E-state index contributed by atoms with van der Waals surface area (Å²) in [6.07, 6.45) is 0.710. The molecule has 1 aromatic heterocycles. The van der Waals surface area contributed by atoms with Gasteiger partial charge in [-0.05, 0) is 54.5 Å². The summed E-state index contributed by atoms with van der Waals surface area (Å²) in [5, 5.41) is 21.0. The molecule has 1 heterocycles. The van der Waals surface area contributed by atoms with Crippen LogP contribution in [0.1, 0.15) is 50.4 Å². The summed E-state index contributed by atoms with van der Waals surface area (Å²) in [7, 11) is -2.17. The molecule has 0 aliphatic heterocycles. The van der Waals surface area contributed by atoms with E-state index in [-0.39, 0.29) is 24.5 Å². The van der Waals surface area contributed by atoms with E-state index in [1.54, 1.807) is 6.07 Å². The maximum Gasteiger partial charge on any atom is 0.322 e. The third-order valence-electron chi connectivity index (χ3n) is 6.91. The Morgan fingerprint density at radius 2 is 1.73 bits per heavy atom. The molecule has 0 fully saturated rings. The minimum absolute atomic E-state index is 0.0782. The summed E-state index contributed by atoms with van der Waals surface area (Å²) in [6.45, 7) is 5.84. The SMILES string of the molecule is CCc1ccc(C(O)(Cc2ccc(F)cc2)C(CCC(C)C)(C(=O)O)[PH](=O)OC)nc1-c1ccccc1. The Kier molecular flexibility index (Phi) is 9.41. The minimum Gasteiger partial charge on any atom is -0.480 e. The average molecular weight is 528 g/mol. The van der Waals surface area contributed by atoms with Gasteiger partial charge in [0.15, 0.2) is 5.16 Å². The number of nitrogens with zero attached hydrogens (tertiary/aromatic N) is 1. The molecule has 37 heavy (non-hydrogen) atoms. The van der Waals surface area contributed by atoms with Gasteiger partial charge in [0.1, 0.15) is 11.4 Å². The quantitative estimate of drug-likeness (QED) is 0.270. The Morgan fingerprint density at radius 1 is 1.08 bits per heavy atom. The standard InChI is InChI=1S/C29H35FNO5P/c1-5-22-13-16-25(31-26(22)23-9-7-6-8-10-23)28(34,19-21-11-14-24(30)15-12-21)29(27(32)33,37(35)36-4)18-17-20(2)3/h6-16,20,34,37H,5,17-19H2,1-4H3,(H,32,33). The van der Waals surface area contributed by atoms with Gasteiger partial charge in [-0.15, -0.1) is 0 Å². The van der Waals surface area contributed by atoms with Gasteiger partial charge in [0.05, 0.1) is 11.4 Å². The van der Waals surface area contributed by atoms with Crippen molar-refractivity contribution in [3.8, 4) is 11.3 Å². The van der Waals surface area contributed by atoms with Crippen LogP contribution >= 0.6 is 8.03 Å². The summed E-state index contributed by atoms with van der Waals surface area (Å²) in [5.41, 5.74) is 0.669. The fraction of sp³-hybridized carbons (Fsp3) is 0.379. The second kappa shape index (κ2) is 12.1. The first-order valence-electron chi connectivity index (χ1n) is 12.4. The third-order valence-corrected chi connectivity index (χ3v) is 8.85. The van der Waals surface area contributed by atoms with Gasteiger partial charge in [0, 0.05) is 19.1 Å². The van der Waals surface area contributed by atoms with Crippen LogP contribution in [0.5, 0.6) is 0 Å². The minimum atomic E-state index is -3.36. The van der Waals surface area contributed by atoms with E-state index in [0.717, 1.165) is 11.1 Å². The highest BCUT2D eigenvalue weighted by atomic mass is 31.1. The highest BCUT2D eigenvalue weighted by Crippen LogP contribution is 2.56. The van der Waals surface area contributed by atoms with Crippen molar-refractivity contribution in [2.24, 2.45) is 5.92 Å². The fourth-order valence-electron chi connectivity index (χ4n) is 4.74. The van der Waals surface area contributed by atoms with Crippen molar-refractivity contribution >= 4 is 14.0 Å². The molecule has 2 N–H and O–H groups in total.